The zero-order valence-corrected chi connectivity index (χ0v) is 9.17. The molecule has 82 valence electrons. The van der Waals surface area contributed by atoms with Crippen LogP contribution in [0.3, 0.4) is 0 Å². The summed E-state index contributed by atoms with van der Waals surface area (Å²) in [6.07, 6.45) is 3.61. The summed E-state index contributed by atoms with van der Waals surface area (Å²) in [4.78, 5) is 8.43. The van der Waals surface area contributed by atoms with E-state index in [0.717, 1.165) is 22.0 Å². The van der Waals surface area contributed by atoms with Crippen molar-refractivity contribution in [1.29, 1.82) is 0 Å². The monoisotopic (exact) mass is 221 g/mol. The minimum atomic E-state index is 0.542. The molecule has 3 rings (SSSR count). The van der Waals surface area contributed by atoms with E-state index >= 15 is 0 Å². The summed E-state index contributed by atoms with van der Waals surface area (Å²) < 4.78 is 0. The van der Waals surface area contributed by atoms with E-state index in [4.69, 9.17) is 5.73 Å². The predicted octanol–water partition coefficient (Wildman–Crippen LogP) is 2.88. The van der Waals surface area contributed by atoms with Gasteiger partial charge in [-0.1, -0.05) is 18.2 Å². The molecule has 0 atom stereocenters. The number of rotatable bonds is 1. The molecule has 0 spiro atoms. The number of hydrogen-bond acceptors (Lipinski definition) is 3. The van der Waals surface area contributed by atoms with E-state index in [1.54, 1.807) is 6.20 Å². The van der Waals surface area contributed by atoms with Gasteiger partial charge < -0.3 is 5.73 Å². The van der Waals surface area contributed by atoms with Gasteiger partial charge in [-0.15, -0.1) is 0 Å². The van der Waals surface area contributed by atoms with E-state index in [0.29, 0.717) is 5.82 Å². The maximum Gasteiger partial charge on any atom is 0.124 e. The molecule has 0 aliphatic heterocycles. The van der Waals surface area contributed by atoms with Crippen LogP contribution in [-0.2, 0) is 0 Å². The van der Waals surface area contributed by atoms with Crippen molar-refractivity contribution in [1.82, 2.24) is 9.97 Å². The molecule has 0 radical (unpaired) electrons. The molecular weight excluding hydrogens is 210 g/mol. The molecule has 0 bridgehead atoms. The van der Waals surface area contributed by atoms with E-state index in [-0.39, 0.29) is 0 Å². The standard InChI is InChI=1S/C14H11N3/c15-14-6-5-10-3-4-11(8-13(10)17-14)12-2-1-7-16-9-12/h1-9H,(H2,15,17). The van der Waals surface area contributed by atoms with Gasteiger partial charge >= 0.3 is 0 Å². The molecule has 2 heterocycles. The molecule has 0 fully saturated rings. The molecule has 2 aromatic heterocycles. The third-order valence-electron chi connectivity index (χ3n) is 2.71. The Bertz CT molecular complexity index is 663. The zero-order valence-electron chi connectivity index (χ0n) is 9.17. The lowest BCUT2D eigenvalue weighted by Gasteiger charge is -2.03. The van der Waals surface area contributed by atoms with E-state index in [1.807, 2.05) is 42.6 Å². The first kappa shape index (κ1) is 9.78. The van der Waals surface area contributed by atoms with Gasteiger partial charge in [0.25, 0.3) is 0 Å². The van der Waals surface area contributed by atoms with E-state index in [2.05, 4.69) is 16.0 Å². The molecular formula is C14H11N3. The lowest BCUT2D eigenvalue weighted by atomic mass is 10.1. The highest BCUT2D eigenvalue weighted by atomic mass is 14.8. The minimum Gasteiger partial charge on any atom is -0.384 e. The van der Waals surface area contributed by atoms with Crippen LogP contribution < -0.4 is 5.73 Å². The van der Waals surface area contributed by atoms with Crippen LogP contribution in [-0.4, -0.2) is 9.97 Å². The first-order chi connectivity index (χ1) is 8.33. The molecule has 3 aromatic rings. The van der Waals surface area contributed by atoms with Crippen LogP contribution in [0.5, 0.6) is 0 Å². The second-order valence-corrected chi connectivity index (χ2v) is 3.89. The van der Waals surface area contributed by atoms with Crippen molar-refractivity contribution >= 4 is 16.7 Å². The van der Waals surface area contributed by atoms with Crippen LogP contribution in [0.15, 0.2) is 54.9 Å². The van der Waals surface area contributed by atoms with Crippen molar-refractivity contribution in [3.63, 3.8) is 0 Å². The number of nitrogen functional groups attached to an aromatic ring is 1. The summed E-state index contributed by atoms with van der Waals surface area (Å²) in [5.74, 6) is 0.542. The number of aromatic nitrogens is 2. The van der Waals surface area contributed by atoms with Gasteiger partial charge in [-0.25, -0.2) is 4.98 Å². The van der Waals surface area contributed by atoms with Gasteiger partial charge in [-0.3, -0.25) is 4.98 Å². The fourth-order valence-electron chi connectivity index (χ4n) is 1.85. The molecule has 0 unspecified atom stereocenters. The van der Waals surface area contributed by atoms with Crippen LogP contribution in [0.1, 0.15) is 0 Å². The Hall–Kier alpha value is -2.42. The third kappa shape index (κ3) is 1.83. The Morgan fingerprint density at radius 3 is 2.65 bits per heavy atom. The van der Waals surface area contributed by atoms with E-state index in [9.17, 15) is 0 Å². The highest BCUT2D eigenvalue weighted by molar-refractivity contribution is 5.85. The summed E-state index contributed by atoms with van der Waals surface area (Å²) in [5.41, 5.74) is 8.78. The van der Waals surface area contributed by atoms with Gasteiger partial charge in [0.15, 0.2) is 0 Å². The van der Waals surface area contributed by atoms with Crippen molar-refractivity contribution in [3.05, 3.63) is 54.9 Å². The Labute approximate surface area is 98.9 Å². The maximum absolute atomic E-state index is 5.69. The summed E-state index contributed by atoms with van der Waals surface area (Å²) >= 11 is 0. The first-order valence-electron chi connectivity index (χ1n) is 5.40. The average molecular weight is 221 g/mol. The van der Waals surface area contributed by atoms with Crippen LogP contribution in [0, 0.1) is 0 Å². The fraction of sp³-hybridized carbons (Fsp3) is 0. The Morgan fingerprint density at radius 2 is 1.82 bits per heavy atom. The van der Waals surface area contributed by atoms with E-state index in [1.165, 1.54) is 0 Å². The number of pyridine rings is 2. The Kier molecular flexibility index (Phi) is 2.22. The highest BCUT2D eigenvalue weighted by Gasteiger charge is 2.00. The highest BCUT2D eigenvalue weighted by Crippen LogP contribution is 2.23. The largest absolute Gasteiger partial charge is 0.384 e. The molecule has 0 aliphatic carbocycles. The van der Waals surface area contributed by atoms with Crippen molar-refractivity contribution in [3.8, 4) is 11.1 Å². The van der Waals surface area contributed by atoms with Crippen LogP contribution in [0.4, 0.5) is 5.82 Å². The Balaban J connectivity index is 2.19. The van der Waals surface area contributed by atoms with Crippen molar-refractivity contribution in [2.75, 3.05) is 5.73 Å². The predicted molar refractivity (Wildman–Crippen MR) is 69.4 cm³/mol. The molecule has 2 N–H and O–H groups in total. The summed E-state index contributed by atoms with van der Waals surface area (Å²) in [6.45, 7) is 0. The molecule has 0 saturated carbocycles. The van der Waals surface area contributed by atoms with Gasteiger partial charge in [-0.05, 0) is 29.8 Å². The first-order valence-corrected chi connectivity index (χ1v) is 5.40. The lowest BCUT2D eigenvalue weighted by Crippen LogP contribution is -1.90. The number of nitrogens with two attached hydrogens (primary N) is 1. The van der Waals surface area contributed by atoms with Crippen LogP contribution in [0.2, 0.25) is 0 Å². The molecule has 3 nitrogen and oxygen atoms in total. The minimum absolute atomic E-state index is 0.542. The number of benzene rings is 1. The number of anilines is 1. The molecule has 1 aromatic carbocycles. The SMILES string of the molecule is Nc1ccc2ccc(-c3cccnc3)cc2n1. The number of hydrogen-bond donors (Lipinski definition) is 1. The second-order valence-electron chi connectivity index (χ2n) is 3.89. The average Bonchev–Trinajstić information content (AvgIpc) is 2.39. The quantitative estimate of drug-likeness (QED) is 0.687. The fourth-order valence-corrected chi connectivity index (χ4v) is 1.85. The van der Waals surface area contributed by atoms with Gasteiger partial charge in [0.05, 0.1) is 5.52 Å². The number of nitrogens with zero attached hydrogens (tertiary/aromatic N) is 2. The van der Waals surface area contributed by atoms with Gasteiger partial charge in [0, 0.05) is 23.3 Å². The van der Waals surface area contributed by atoms with Gasteiger partial charge in [0.2, 0.25) is 0 Å². The molecule has 0 saturated heterocycles. The molecule has 0 amide bonds. The van der Waals surface area contributed by atoms with E-state index < -0.39 is 0 Å². The zero-order chi connectivity index (χ0) is 11.7. The topological polar surface area (TPSA) is 51.8 Å². The third-order valence-corrected chi connectivity index (χ3v) is 2.71. The van der Waals surface area contributed by atoms with Gasteiger partial charge in [0.1, 0.15) is 5.82 Å². The smallest absolute Gasteiger partial charge is 0.124 e. The summed E-state index contributed by atoms with van der Waals surface area (Å²) in [6, 6.07) is 13.9. The van der Waals surface area contributed by atoms with Crippen molar-refractivity contribution in [2.45, 2.75) is 0 Å². The van der Waals surface area contributed by atoms with Crippen LogP contribution >= 0.6 is 0 Å². The van der Waals surface area contributed by atoms with Gasteiger partial charge in [-0.2, -0.15) is 0 Å². The van der Waals surface area contributed by atoms with Crippen molar-refractivity contribution < 1.29 is 0 Å². The molecule has 17 heavy (non-hydrogen) atoms. The maximum atomic E-state index is 5.69. The number of fused-ring (bicyclic) bond motifs is 1. The molecule has 3 heteroatoms. The lowest BCUT2D eigenvalue weighted by molar-refractivity contribution is 1.33. The summed E-state index contributed by atoms with van der Waals surface area (Å²) in [7, 11) is 0. The Morgan fingerprint density at radius 1 is 0.941 bits per heavy atom. The summed E-state index contributed by atoms with van der Waals surface area (Å²) in [5, 5.41) is 1.09. The van der Waals surface area contributed by atoms with Crippen LogP contribution in [0.25, 0.3) is 22.0 Å². The molecule has 0 aliphatic rings. The normalized spacial score (nSPS) is 10.6. The second kappa shape index (κ2) is 3.87. The van der Waals surface area contributed by atoms with Crippen molar-refractivity contribution in [2.24, 2.45) is 0 Å².